The molecule has 6 heteroatoms. The molecule has 0 aliphatic carbocycles. The van der Waals surface area contributed by atoms with E-state index >= 15 is 0 Å². The molecule has 0 saturated heterocycles. The summed E-state index contributed by atoms with van der Waals surface area (Å²) in [6.45, 7) is 3.93. The predicted octanol–water partition coefficient (Wildman–Crippen LogP) is 1.10. The molecule has 0 spiro atoms. The highest BCUT2D eigenvalue weighted by molar-refractivity contribution is 6.43. The number of hydrazone groups is 1. The van der Waals surface area contributed by atoms with Crippen molar-refractivity contribution < 1.29 is 14.0 Å². The largest absolute Gasteiger partial charge is 0.350 e. The lowest BCUT2D eigenvalue weighted by atomic mass is 9.84. The number of rotatable bonds is 4. The SMILES string of the molecule is CC(C)(CNC(=O)C1=NNC(=O)C1)c1ccccc1F. The second-order valence-corrected chi connectivity index (χ2v) is 5.32. The summed E-state index contributed by atoms with van der Waals surface area (Å²) in [6.07, 6.45) is -0.0219. The lowest BCUT2D eigenvalue weighted by Gasteiger charge is -2.26. The zero-order valence-corrected chi connectivity index (χ0v) is 11.4. The van der Waals surface area contributed by atoms with Gasteiger partial charge in [0, 0.05) is 12.0 Å². The average molecular weight is 277 g/mol. The van der Waals surface area contributed by atoms with Gasteiger partial charge in [-0.2, -0.15) is 5.10 Å². The highest BCUT2D eigenvalue weighted by atomic mass is 19.1. The van der Waals surface area contributed by atoms with E-state index in [-0.39, 0.29) is 30.4 Å². The van der Waals surface area contributed by atoms with Crippen LogP contribution in [0.2, 0.25) is 0 Å². The molecule has 1 aliphatic rings. The van der Waals surface area contributed by atoms with Gasteiger partial charge in [0.05, 0.1) is 6.42 Å². The third-order valence-electron chi connectivity index (χ3n) is 3.20. The first-order chi connectivity index (χ1) is 9.40. The quantitative estimate of drug-likeness (QED) is 0.865. The standard InChI is InChI=1S/C14H16FN3O2/c1-14(2,9-5-3-4-6-10(9)15)8-16-13(20)11-7-12(19)18-17-11/h3-6H,7-8H2,1-2H3,(H,16,20)(H,18,19). The molecular formula is C14H16FN3O2. The molecule has 0 radical (unpaired) electrons. The van der Waals surface area contributed by atoms with Gasteiger partial charge in [-0.05, 0) is 11.6 Å². The number of carbonyl (C=O) groups is 2. The van der Waals surface area contributed by atoms with Crippen molar-refractivity contribution in [1.82, 2.24) is 10.7 Å². The van der Waals surface area contributed by atoms with E-state index in [1.165, 1.54) is 6.07 Å². The van der Waals surface area contributed by atoms with Gasteiger partial charge in [0.1, 0.15) is 11.5 Å². The first kappa shape index (κ1) is 14.2. The van der Waals surface area contributed by atoms with Crippen LogP contribution in [-0.4, -0.2) is 24.1 Å². The maximum atomic E-state index is 13.8. The van der Waals surface area contributed by atoms with Crippen molar-refractivity contribution >= 4 is 17.5 Å². The number of hydrogen-bond acceptors (Lipinski definition) is 3. The van der Waals surface area contributed by atoms with Crippen LogP contribution in [0.25, 0.3) is 0 Å². The zero-order chi connectivity index (χ0) is 14.8. The Balaban J connectivity index is 2.01. The summed E-state index contributed by atoms with van der Waals surface area (Å²) in [4.78, 5) is 22.8. The minimum absolute atomic E-state index is 0.0219. The second kappa shape index (κ2) is 5.40. The zero-order valence-electron chi connectivity index (χ0n) is 11.4. The van der Waals surface area contributed by atoms with Crippen molar-refractivity contribution in [2.45, 2.75) is 25.7 Å². The Morgan fingerprint density at radius 1 is 1.45 bits per heavy atom. The predicted molar refractivity (Wildman–Crippen MR) is 72.6 cm³/mol. The summed E-state index contributed by atoms with van der Waals surface area (Å²) in [5.41, 5.74) is 2.34. The molecule has 1 heterocycles. The Morgan fingerprint density at radius 3 is 2.75 bits per heavy atom. The molecule has 5 nitrogen and oxygen atoms in total. The van der Waals surface area contributed by atoms with Crippen molar-refractivity contribution in [3.63, 3.8) is 0 Å². The van der Waals surface area contributed by atoms with Gasteiger partial charge in [0.2, 0.25) is 5.91 Å². The molecular weight excluding hydrogens is 261 g/mol. The lowest BCUT2D eigenvalue weighted by molar-refractivity contribution is -0.120. The Bertz CT molecular complexity index is 582. The van der Waals surface area contributed by atoms with E-state index in [0.29, 0.717) is 5.56 Å². The second-order valence-electron chi connectivity index (χ2n) is 5.32. The summed E-state index contributed by atoms with van der Waals surface area (Å²) in [6, 6.07) is 6.46. The first-order valence-corrected chi connectivity index (χ1v) is 6.29. The van der Waals surface area contributed by atoms with E-state index < -0.39 is 11.3 Å². The Morgan fingerprint density at radius 2 is 2.15 bits per heavy atom. The van der Waals surface area contributed by atoms with E-state index in [2.05, 4.69) is 15.8 Å². The maximum Gasteiger partial charge on any atom is 0.268 e. The fraction of sp³-hybridized carbons (Fsp3) is 0.357. The van der Waals surface area contributed by atoms with Crippen molar-refractivity contribution in [2.75, 3.05) is 6.54 Å². The summed E-state index contributed by atoms with van der Waals surface area (Å²) in [7, 11) is 0. The first-order valence-electron chi connectivity index (χ1n) is 6.29. The monoisotopic (exact) mass is 277 g/mol. The highest BCUT2D eigenvalue weighted by Crippen LogP contribution is 2.24. The van der Waals surface area contributed by atoms with Gasteiger partial charge in [-0.3, -0.25) is 9.59 Å². The number of nitrogens with one attached hydrogen (secondary N) is 2. The molecule has 1 aromatic carbocycles. The van der Waals surface area contributed by atoms with Gasteiger partial charge in [-0.15, -0.1) is 0 Å². The smallest absolute Gasteiger partial charge is 0.268 e. The van der Waals surface area contributed by atoms with Crippen molar-refractivity contribution in [1.29, 1.82) is 0 Å². The molecule has 0 aromatic heterocycles. The van der Waals surface area contributed by atoms with Gasteiger partial charge in [-0.25, -0.2) is 9.82 Å². The number of carbonyl (C=O) groups excluding carboxylic acids is 2. The molecule has 1 aliphatic heterocycles. The fourth-order valence-electron chi connectivity index (χ4n) is 2.00. The molecule has 2 N–H and O–H groups in total. The molecule has 0 atom stereocenters. The molecule has 0 saturated carbocycles. The van der Waals surface area contributed by atoms with Crippen molar-refractivity contribution in [3.05, 3.63) is 35.6 Å². The van der Waals surface area contributed by atoms with Crippen LogP contribution in [0.1, 0.15) is 25.8 Å². The maximum absolute atomic E-state index is 13.8. The summed E-state index contributed by atoms with van der Waals surface area (Å²) < 4.78 is 13.8. The van der Waals surface area contributed by atoms with Crippen LogP contribution in [-0.2, 0) is 15.0 Å². The number of amides is 2. The van der Waals surface area contributed by atoms with E-state index in [4.69, 9.17) is 0 Å². The fourth-order valence-corrected chi connectivity index (χ4v) is 2.00. The number of benzene rings is 1. The van der Waals surface area contributed by atoms with Crippen LogP contribution in [0, 0.1) is 5.82 Å². The van der Waals surface area contributed by atoms with E-state index in [9.17, 15) is 14.0 Å². The summed E-state index contributed by atoms with van der Waals surface area (Å²) in [5.74, 6) is -1.02. The van der Waals surface area contributed by atoms with Gasteiger partial charge in [0.25, 0.3) is 5.91 Å². The molecule has 1 aromatic rings. The van der Waals surface area contributed by atoms with E-state index in [0.717, 1.165) is 0 Å². The highest BCUT2D eigenvalue weighted by Gasteiger charge is 2.27. The Kier molecular flexibility index (Phi) is 3.83. The number of halogens is 1. The van der Waals surface area contributed by atoms with Crippen LogP contribution >= 0.6 is 0 Å². The molecule has 0 bridgehead atoms. The third kappa shape index (κ3) is 3.01. The van der Waals surface area contributed by atoms with Gasteiger partial charge in [0.15, 0.2) is 0 Å². The van der Waals surface area contributed by atoms with E-state index in [1.807, 2.05) is 13.8 Å². The summed E-state index contributed by atoms with van der Waals surface area (Å²) in [5, 5.41) is 6.32. The van der Waals surface area contributed by atoms with Crippen LogP contribution in [0.3, 0.4) is 0 Å². The molecule has 2 rings (SSSR count). The number of nitrogens with zero attached hydrogens (tertiary/aromatic N) is 1. The topological polar surface area (TPSA) is 70.6 Å². The van der Waals surface area contributed by atoms with Gasteiger partial charge < -0.3 is 5.32 Å². The van der Waals surface area contributed by atoms with Gasteiger partial charge >= 0.3 is 0 Å². The minimum atomic E-state index is -0.558. The van der Waals surface area contributed by atoms with Crippen molar-refractivity contribution in [3.8, 4) is 0 Å². The van der Waals surface area contributed by atoms with Crippen LogP contribution in [0.5, 0.6) is 0 Å². The average Bonchev–Trinajstić information content (AvgIpc) is 2.83. The Labute approximate surface area is 116 Å². The van der Waals surface area contributed by atoms with Gasteiger partial charge in [-0.1, -0.05) is 32.0 Å². The molecule has 0 fully saturated rings. The van der Waals surface area contributed by atoms with Crippen LogP contribution in [0.15, 0.2) is 29.4 Å². The third-order valence-corrected chi connectivity index (χ3v) is 3.20. The normalized spacial score (nSPS) is 14.8. The Hall–Kier alpha value is -2.24. The van der Waals surface area contributed by atoms with Crippen LogP contribution in [0.4, 0.5) is 4.39 Å². The van der Waals surface area contributed by atoms with Crippen LogP contribution < -0.4 is 10.7 Å². The van der Waals surface area contributed by atoms with E-state index in [1.54, 1.807) is 18.2 Å². The minimum Gasteiger partial charge on any atom is -0.350 e. The molecule has 20 heavy (non-hydrogen) atoms. The lowest BCUT2D eigenvalue weighted by Crippen LogP contribution is -2.40. The molecule has 0 unspecified atom stereocenters. The molecule has 106 valence electrons. The summed E-state index contributed by atoms with van der Waals surface area (Å²) >= 11 is 0. The van der Waals surface area contributed by atoms with Crippen molar-refractivity contribution in [2.24, 2.45) is 5.10 Å². The molecule has 2 amide bonds. The number of hydrogen-bond donors (Lipinski definition) is 2.